The summed E-state index contributed by atoms with van der Waals surface area (Å²) < 4.78 is 5.55. The summed E-state index contributed by atoms with van der Waals surface area (Å²) >= 11 is 12.1. The molecule has 1 aromatic carbocycles. The third-order valence-electron chi connectivity index (χ3n) is 2.58. The highest BCUT2D eigenvalue weighted by molar-refractivity contribution is 8.23. The molecule has 1 saturated heterocycles. The topological polar surface area (TPSA) is 58.6 Å². The number of thiocarbonyl (C=S) groups is 1. The number of rotatable bonds is 4. The molecular formula is C12H11ClN2O3S2. The highest BCUT2D eigenvalue weighted by Gasteiger charge is 2.28. The molecular weight excluding hydrogens is 320 g/mol. The van der Waals surface area contributed by atoms with Gasteiger partial charge in [0.25, 0.3) is 0 Å². The van der Waals surface area contributed by atoms with Crippen molar-refractivity contribution in [3.63, 3.8) is 0 Å². The molecule has 106 valence electrons. The second-order valence-electron chi connectivity index (χ2n) is 3.93. The number of nitrogens with zero attached hydrogens (tertiary/aromatic N) is 1. The molecule has 2 amide bonds. The highest BCUT2D eigenvalue weighted by Crippen LogP contribution is 2.27. The number of anilines is 1. The Morgan fingerprint density at radius 1 is 1.60 bits per heavy atom. The van der Waals surface area contributed by atoms with E-state index >= 15 is 0 Å². The maximum absolute atomic E-state index is 12.0. The molecule has 0 radical (unpaired) electrons. The van der Waals surface area contributed by atoms with Gasteiger partial charge in [0.2, 0.25) is 11.8 Å². The molecule has 0 atom stereocenters. The van der Waals surface area contributed by atoms with E-state index in [0.717, 1.165) is 0 Å². The zero-order valence-electron chi connectivity index (χ0n) is 10.5. The van der Waals surface area contributed by atoms with Crippen LogP contribution in [0.5, 0.6) is 5.75 Å². The summed E-state index contributed by atoms with van der Waals surface area (Å²) in [6.07, 6.45) is 0. The average Bonchev–Trinajstić information content (AvgIpc) is 2.71. The Morgan fingerprint density at radius 3 is 2.95 bits per heavy atom. The van der Waals surface area contributed by atoms with Gasteiger partial charge in [-0.1, -0.05) is 35.6 Å². The molecule has 0 bridgehead atoms. The van der Waals surface area contributed by atoms with E-state index in [1.54, 1.807) is 18.2 Å². The average molecular weight is 331 g/mol. The number of carbonyl (C=O) groups is 2. The smallest absolute Gasteiger partial charge is 0.244 e. The van der Waals surface area contributed by atoms with Crippen LogP contribution in [0.3, 0.4) is 0 Å². The van der Waals surface area contributed by atoms with Gasteiger partial charge in [-0.25, -0.2) is 0 Å². The third-order valence-corrected chi connectivity index (χ3v) is 4.25. The van der Waals surface area contributed by atoms with Gasteiger partial charge in [0.1, 0.15) is 16.6 Å². The first-order chi connectivity index (χ1) is 9.51. The number of nitrogens with one attached hydrogen (secondary N) is 1. The lowest BCUT2D eigenvalue weighted by atomic mass is 10.3. The van der Waals surface area contributed by atoms with E-state index in [1.165, 1.54) is 23.8 Å². The predicted molar refractivity (Wildman–Crippen MR) is 83.4 cm³/mol. The van der Waals surface area contributed by atoms with Crippen molar-refractivity contribution in [2.45, 2.75) is 0 Å². The molecule has 1 aliphatic rings. The molecule has 0 saturated carbocycles. The first-order valence-corrected chi connectivity index (χ1v) is 7.39. The molecule has 2 rings (SSSR count). The minimum atomic E-state index is -0.358. The van der Waals surface area contributed by atoms with E-state index in [9.17, 15) is 9.59 Å². The fraction of sp³-hybridized carbons (Fsp3) is 0.250. The summed E-state index contributed by atoms with van der Waals surface area (Å²) in [5, 5.41) is 3.14. The Hall–Kier alpha value is -1.31. The number of hydrogen-bond acceptors (Lipinski definition) is 5. The van der Waals surface area contributed by atoms with Crippen molar-refractivity contribution >= 4 is 57.4 Å². The molecule has 1 aliphatic heterocycles. The minimum absolute atomic E-state index is 0.111. The Labute approximate surface area is 130 Å². The number of methoxy groups -OCH3 is 1. The normalized spacial score (nSPS) is 14.6. The molecule has 20 heavy (non-hydrogen) atoms. The second-order valence-corrected chi connectivity index (χ2v) is 5.97. The van der Waals surface area contributed by atoms with Crippen LogP contribution in [0.25, 0.3) is 0 Å². The fourth-order valence-corrected chi connectivity index (χ4v) is 2.89. The molecule has 1 fully saturated rings. The lowest BCUT2D eigenvalue weighted by Crippen LogP contribution is -2.36. The Balaban J connectivity index is 2.06. The van der Waals surface area contributed by atoms with Crippen LogP contribution < -0.4 is 10.1 Å². The Bertz CT molecular complexity index is 564. The van der Waals surface area contributed by atoms with Crippen LogP contribution in [0.2, 0.25) is 5.02 Å². The van der Waals surface area contributed by atoms with Crippen LogP contribution >= 0.6 is 35.6 Å². The molecule has 0 aromatic heterocycles. The first kappa shape index (κ1) is 15.1. The SMILES string of the molecule is COc1ccc(Cl)cc1NC(=O)CN1C(=O)CSC1=S. The highest BCUT2D eigenvalue weighted by atomic mass is 35.5. The summed E-state index contributed by atoms with van der Waals surface area (Å²) in [7, 11) is 1.49. The zero-order valence-corrected chi connectivity index (χ0v) is 12.9. The monoisotopic (exact) mass is 330 g/mol. The zero-order chi connectivity index (χ0) is 14.7. The molecule has 1 heterocycles. The number of ether oxygens (including phenoxy) is 1. The van der Waals surface area contributed by atoms with Crippen LogP contribution in [0, 0.1) is 0 Å². The van der Waals surface area contributed by atoms with Crippen LogP contribution in [-0.2, 0) is 9.59 Å². The van der Waals surface area contributed by atoms with Gasteiger partial charge in [0.15, 0.2) is 0 Å². The van der Waals surface area contributed by atoms with Gasteiger partial charge >= 0.3 is 0 Å². The van der Waals surface area contributed by atoms with E-state index in [4.69, 9.17) is 28.6 Å². The molecule has 1 N–H and O–H groups in total. The van der Waals surface area contributed by atoms with Gasteiger partial charge in [0, 0.05) is 5.02 Å². The summed E-state index contributed by atoms with van der Waals surface area (Å²) in [4.78, 5) is 24.8. The first-order valence-electron chi connectivity index (χ1n) is 5.62. The van der Waals surface area contributed by atoms with Gasteiger partial charge < -0.3 is 10.1 Å². The van der Waals surface area contributed by atoms with E-state index in [2.05, 4.69) is 5.32 Å². The molecule has 1 aromatic rings. The Kier molecular flexibility index (Phi) is 4.85. The van der Waals surface area contributed by atoms with Gasteiger partial charge in [-0.15, -0.1) is 0 Å². The van der Waals surface area contributed by atoms with Crippen molar-refractivity contribution in [2.24, 2.45) is 0 Å². The van der Waals surface area contributed by atoms with E-state index in [0.29, 0.717) is 20.8 Å². The minimum Gasteiger partial charge on any atom is -0.495 e. The second kappa shape index (κ2) is 6.43. The van der Waals surface area contributed by atoms with Gasteiger partial charge in [-0.05, 0) is 18.2 Å². The van der Waals surface area contributed by atoms with Gasteiger partial charge in [-0.2, -0.15) is 0 Å². The van der Waals surface area contributed by atoms with Crippen molar-refractivity contribution < 1.29 is 14.3 Å². The molecule has 0 spiro atoms. The standard InChI is InChI=1S/C12H11ClN2O3S2/c1-18-9-3-2-7(13)4-8(9)14-10(16)5-15-11(17)6-20-12(15)19/h2-4H,5-6H2,1H3,(H,14,16). The van der Waals surface area contributed by atoms with Gasteiger partial charge in [-0.3, -0.25) is 14.5 Å². The largest absolute Gasteiger partial charge is 0.495 e. The van der Waals surface area contributed by atoms with E-state index in [1.807, 2.05) is 0 Å². The molecule has 0 aliphatic carbocycles. The van der Waals surface area contributed by atoms with Crippen LogP contribution in [0.4, 0.5) is 5.69 Å². The molecule has 5 nitrogen and oxygen atoms in total. The van der Waals surface area contributed by atoms with Crippen molar-refractivity contribution in [2.75, 3.05) is 24.7 Å². The van der Waals surface area contributed by atoms with Crippen molar-refractivity contribution in [3.05, 3.63) is 23.2 Å². The molecule has 8 heteroatoms. The maximum Gasteiger partial charge on any atom is 0.244 e. The van der Waals surface area contributed by atoms with Crippen LogP contribution in [0.1, 0.15) is 0 Å². The number of hydrogen-bond donors (Lipinski definition) is 1. The van der Waals surface area contributed by atoms with Crippen LogP contribution in [-0.4, -0.2) is 40.4 Å². The van der Waals surface area contributed by atoms with Gasteiger partial charge in [0.05, 0.1) is 18.6 Å². The summed E-state index contributed by atoms with van der Waals surface area (Å²) in [5.74, 6) is 0.261. The van der Waals surface area contributed by atoms with Crippen molar-refractivity contribution in [1.29, 1.82) is 0 Å². The maximum atomic E-state index is 12.0. The Morgan fingerprint density at radius 2 is 2.35 bits per heavy atom. The lowest BCUT2D eigenvalue weighted by Gasteiger charge is -2.15. The number of thioether (sulfide) groups is 1. The number of halogens is 1. The lowest BCUT2D eigenvalue weighted by molar-refractivity contribution is -0.128. The van der Waals surface area contributed by atoms with E-state index < -0.39 is 0 Å². The third kappa shape index (κ3) is 3.41. The molecule has 0 unspecified atom stereocenters. The quantitative estimate of drug-likeness (QED) is 0.857. The predicted octanol–water partition coefficient (Wildman–Crippen LogP) is 2.15. The van der Waals surface area contributed by atoms with Crippen molar-refractivity contribution in [3.8, 4) is 5.75 Å². The van der Waals surface area contributed by atoms with E-state index in [-0.39, 0.29) is 24.1 Å². The van der Waals surface area contributed by atoms with Crippen molar-refractivity contribution in [1.82, 2.24) is 4.90 Å². The number of benzene rings is 1. The summed E-state index contributed by atoms with van der Waals surface area (Å²) in [6, 6.07) is 4.89. The summed E-state index contributed by atoms with van der Waals surface area (Å²) in [6.45, 7) is -0.111. The number of carbonyl (C=O) groups excluding carboxylic acids is 2. The number of amides is 2. The summed E-state index contributed by atoms with van der Waals surface area (Å²) in [5.41, 5.74) is 0.454. The fourth-order valence-electron chi connectivity index (χ4n) is 1.65. The van der Waals surface area contributed by atoms with Crippen LogP contribution in [0.15, 0.2) is 18.2 Å².